The van der Waals surface area contributed by atoms with Crippen LogP contribution < -0.4 is 5.73 Å². The summed E-state index contributed by atoms with van der Waals surface area (Å²) in [6, 6.07) is 14.7. The molecule has 2 amide bonds. The van der Waals surface area contributed by atoms with Gasteiger partial charge < -0.3 is 10.6 Å². The van der Waals surface area contributed by atoms with Gasteiger partial charge in [-0.2, -0.15) is 0 Å². The van der Waals surface area contributed by atoms with E-state index in [4.69, 9.17) is 5.73 Å². The summed E-state index contributed by atoms with van der Waals surface area (Å²) >= 11 is 0. The SMILES string of the molecule is NC(=O)[C@@H]1CCCN(C(=O)[C@H]2C[C@@H]2c2cccc3ccccc23)C1. The van der Waals surface area contributed by atoms with Crippen LogP contribution in [0.25, 0.3) is 10.8 Å². The Balaban J connectivity index is 1.51. The molecular formula is C20H22N2O2. The van der Waals surface area contributed by atoms with Crippen LogP contribution in [0.4, 0.5) is 0 Å². The second-order valence-corrected chi connectivity index (χ2v) is 7.04. The molecule has 2 aliphatic rings. The Kier molecular flexibility index (Phi) is 3.75. The van der Waals surface area contributed by atoms with Crippen molar-refractivity contribution in [1.82, 2.24) is 4.90 Å². The molecule has 3 atom stereocenters. The number of hydrogen-bond acceptors (Lipinski definition) is 2. The van der Waals surface area contributed by atoms with Crippen molar-refractivity contribution < 1.29 is 9.59 Å². The average molecular weight is 322 g/mol. The van der Waals surface area contributed by atoms with E-state index in [1.165, 1.54) is 16.3 Å². The topological polar surface area (TPSA) is 63.4 Å². The van der Waals surface area contributed by atoms with Gasteiger partial charge in [-0.3, -0.25) is 9.59 Å². The second kappa shape index (κ2) is 5.93. The first-order chi connectivity index (χ1) is 11.6. The zero-order valence-electron chi connectivity index (χ0n) is 13.7. The molecule has 0 bridgehead atoms. The molecule has 0 spiro atoms. The molecule has 0 unspecified atom stereocenters. The van der Waals surface area contributed by atoms with Gasteiger partial charge in [0, 0.05) is 19.0 Å². The molecule has 2 fully saturated rings. The van der Waals surface area contributed by atoms with Crippen molar-refractivity contribution in [3.63, 3.8) is 0 Å². The second-order valence-electron chi connectivity index (χ2n) is 7.04. The molecule has 0 aromatic heterocycles. The van der Waals surface area contributed by atoms with Gasteiger partial charge in [-0.05, 0) is 41.5 Å². The van der Waals surface area contributed by atoms with Gasteiger partial charge in [-0.15, -0.1) is 0 Å². The first-order valence-corrected chi connectivity index (χ1v) is 8.71. The lowest BCUT2D eigenvalue weighted by molar-refractivity contribution is -0.136. The summed E-state index contributed by atoms with van der Waals surface area (Å²) in [6.07, 6.45) is 2.58. The van der Waals surface area contributed by atoms with E-state index in [9.17, 15) is 9.59 Å². The highest BCUT2D eigenvalue weighted by Gasteiger charge is 2.47. The van der Waals surface area contributed by atoms with E-state index in [2.05, 4.69) is 30.3 Å². The fraction of sp³-hybridized carbons (Fsp3) is 0.400. The standard InChI is InChI=1S/C20H22N2O2/c21-19(23)14-7-4-10-22(12-14)20(24)18-11-17(18)16-9-3-6-13-5-1-2-8-15(13)16/h1-3,5-6,8-9,14,17-18H,4,7,10-12H2,(H2,21,23)/t14-,17-,18+/m1/s1. The molecule has 1 aliphatic heterocycles. The number of nitrogens with zero attached hydrogens (tertiary/aromatic N) is 1. The predicted octanol–water partition coefficient (Wildman–Crippen LogP) is 2.67. The van der Waals surface area contributed by atoms with Crippen molar-refractivity contribution in [3.05, 3.63) is 48.0 Å². The van der Waals surface area contributed by atoms with Crippen LogP contribution in [-0.2, 0) is 9.59 Å². The van der Waals surface area contributed by atoms with E-state index in [1.807, 2.05) is 17.0 Å². The van der Waals surface area contributed by atoms with E-state index < -0.39 is 0 Å². The Morgan fingerprint density at radius 2 is 1.88 bits per heavy atom. The minimum Gasteiger partial charge on any atom is -0.369 e. The van der Waals surface area contributed by atoms with Crippen molar-refractivity contribution in [3.8, 4) is 0 Å². The highest BCUT2D eigenvalue weighted by atomic mass is 16.2. The van der Waals surface area contributed by atoms with Crippen LogP contribution >= 0.6 is 0 Å². The zero-order valence-corrected chi connectivity index (χ0v) is 13.7. The van der Waals surface area contributed by atoms with Gasteiger partial charge in [-0.1, -0.05) is 42.5 Å². The molecule has 0 radical (unpaired) electrons. The summed E-state index contributed by atoms with van der Waals surface area (Å²) in [5.74, 6) is 0.0882. The summed E-state index contributed by atoms with van der Waals surface area (Å²) in [7, 11) is 0. The normalized spacial score (nSPS) is 26.3. The first kappa shape index (κ1) is 15.2. The van der Waals surface area contributed by atoms with Crippen LogP contribution in [0.1, 0.15) is 30.7 Å². The number of nitrogens with two attached hydrogens (primary N) is 1. The van der Waals surface area contributed by atoms with Crippen LogP contribution in [0, 0.1) is 11.8 Å². The molecular weight excluding hydrogens is 300 g/mol. The fourth-order valence-corrected chi connectivity index (χ4v) is 4.03. The largest absolute Gasteiger partial charge is 0.369 e. The number of likely N-dealkylation sites (tertiary alicyclic amines) is 1. The summed E-state index contributed by atoms with van der Waals surface area (Å²) in [4.78, 5) is 26.1. The third-order valence-corrected chi connectivity index (χ3v) is 5.47. The molecule has 2 aromatic rings. The zero-order chi connectivity index (χ0) is 16.7. The maximum Gasteiger partial charge on any atom is 0.226 e. The lowest BCUT2D eigenvalue weighted by Gasteiger charge is -2.31. The lowest BCUT2D eigenvalue weighted by atomic mass is 9.96. The van der Waals surface area contributed by atoms with Gasteiger partial charge in [0.1, 0.15) is 0 Å². The number of amides is 2. The van der Waals surface area contributed by atoms with Crippen molar-refractivity contribution >= 4 is 22.6 Å². The summed E-state index contributed by atoms with van der Waals surface area (Å²) in [6.45, 7) is 1.24. The molecule has 4 heteroatoms. The maximum atomic E-state index is 12.8. The van der Waals surface area contributed by atoms with Crippen LogP contribution in [0.15, 0.2) is 42.5 Å². The summed E-state index contributed by atoms with van der Waals surface area (Å²) in [5.41, 5.74) is 6.70. The lowest BCUT2D eigenvalue weighted by Crippen LogP contribution is -2.44. The van der Waals surface area contributed by atoms with E-state index in [1.54, 1.807) is 0 Å². The quantitative estimate of drug-likeness (QED) is 0.944. The number of piperidine rings is 1. The van der Waals surface area contributed by atoms with E-state index in [-0.39, 0.29) is 23.7 Å². The molecule has 4 nitrogen and oxygen atoms in total. The van der Waals surface area contributed by atoms with Crippen LogP contribution in [0.2, 0.25) is 0 Å². The molecule has 24 heavy (non-hydrogen) atoms. The minimum atomic E-state index is -0.283. The van der Waals surface area contributed by atoms with Gasteiger partial charge in [0.05, 0.1) is 5.92 Å². The van der Waals surface area contributed by atoms with Gasteiger partial charge in [0.15, 0.2) is 0 Å². The molecule has 1 saturated heterocycles. The highest BCUT2D eigenvalue weighted by Crippen LogP contribution is 2.50. The van der Waals surface area contributed by atoms with Crippen LogP contribution in [0.3, 0.4) is 0 Å². The van der Waals surface area contributed by atoms with Crippen molar-refractivity contribution in [2.75, 3.05) is 13.1 Å². The predicted molar refractivity (Wildman–Crippen MR) is 93.3 cm³/mol. The molecule has 1 saturated carbocycles. The number of rotatable bonds is 3. The van der Waals surface area contributed by atoms with E-state index in [0.717, 1.165) is 25.8 Å². The van der Waals surface area contributed by atoms with Gasteiger partial charge in [0.2, 0.25) is 11.8 Å². The highest BCUT2D eigenvalue weighted by molar-refractivity contribution is 5.90. The van der Waals surface area contributed by atoms with Gasteiger partial charge in [0.25, 0.3) is 0 Å². The molecule has 4 rings (SSSR count). The van der Waals surface area contributed by atoms with Crippen molar-refractivity contribution in [1.29, 1.82) is 0 Å². The molecule has 1 aliphatic carbocycles. The van der Waals surface area contributed by atoms with Crippen LogP contribution in [0.5, 0.6) is 0 Å². The Hall–Kier alpha value is -2.36. The third kappa shape index (κ3) is 2.66. The Morgan fingerprint density at radius 3 is 2.71 bits per heavy atom. The van der Waals surface area contributed by atoms with Gasteiger partial charge in [-0.25, -0.2) is 0 Å². The Morgan fingerprint density at radius 1 is 1.08 bits per heavy atom. The Labute approximate surface area is 141 Å². The average Bonchev–Trinajstić information content (AvgIpc) is 3.41. The number of fused-ring (bicyclic) bond motifs is 1. The fourth-order valence-electron chi connectivity index (χ4n) is 4.03. The molecule has 124 valence electrons. The third-order valence-electron chi connectivity index (χ3n) is 5.47. The molecule has 2 N–H and O–H groups in total. The summed E-state index contributed by atoms with van der Waals surface area (Å²) in [5, 5.41) is 2.47. The maximum absolute atomic E-state index is 12.8. The van der Waals surface area contributed by atoms with E-state index >= 15 is 0 Å². The minimum absolute atomic E-state index is 0.0578. The number of hydrogen-bond donors (Lipinski definition) is 1. The monoisotopic (exact) mass is 322 g/mol. The molecule has 1 heterocycles. The van der Waals surface area contributed by atoms with Crippen molar-refractivity contribution in [2.45, 2.75) is 25.2 Å². The van der Waals surface area contributed by atoms with E-state index in [0.29, 0.717) is 12.5 Å². The van der Waals surface area contributed by atoms with Crippen molar-refractivity contribution in [2.24, 2.45) is 17.6 Å². The Bertz CT molecular complexity index is 796. The number of primary amides is 1. The number of carbonyl (C=O) groups is 2. The van der Waals surface area contributed by atoms with Crippen LogP contribution in [-0.4, -0.2) is 29.8 Å². The smallest absolute Gasteiger partial charge is 0.226 e. The van der Waals surface area contributed by atoms with Gasteiger partial charge >= 0.3 is 0 Å². The number of benzene rings is 2. The number of carbonyl (C=O) groups excluding carboxylic acids is 2. The molecule has 2 aromatic carbocycles. The first-order valence-electron chi connectivity index (χ1n) is 8.71. The summed E-state index contributed by atoms with van der Waals surface area (Å²) < 4.78 is 0.